The normalized spacial score (nSPS) is 24.1. The van der Waals surface area contributed by atoms with Gasteiger partial charge < -0.3 is 15.4 Å². The molecule has 154 valence electrons. The number of rotatable bonds is 6. The second-order valence-electron chi connectivity index (χ2n) is 8.60. The van der Waals surface area contributed by atoms with Crippen molar-refractivity contribution in [2.45, 2.75) is 49.5 Å². The minimum Gasteiger partial charge on any atom is -0.381 e. The highest BCUT2D eigenvalue weighted by atomic mass is 79.9. The van der Waals surface area contributed by atoms with Crippen LogP contribution in [-0.2, 0) is 10.2 Å². The molecule has 0 spiro atoms. The fraction of sp³-hybridized carbons (Fsp3) is 0.682. The maximum absolute atomic E-state index is 5.67. The van der Waals surface area contributed by atoms with E-state index in [0.717, 1.165) is 49.6 Å². The molecule has 1 saturated carbocycles. The number of hydrogen-bond donors (Lipinski definition) is 2. The number of guanidine groups is 1. The van der Waals surface area contributed by atoms with Gasteiger partial charge in [0.05, 0.1) is 0 Å². The number of benzene rings is 1. The first kappa shape index (κ1) is 20.2. The highest BCUT2D eigenvalue weighted by Gasteiger charge is 2.44. The van der Waals surface area contributed by atoms with E-state index in [1.54, 1.807) is 0 Å². The predicted octanol–water partition coefficient (Wildman–Crippen LogP) is 3.29. The number of nitrogens with zero attached hydrogens (tertiary/aromatic N) is 2. The fourth-order valence-electron chi connectivity index (χ4n) is 4.81. The first-order valence-electron chi connectivity index (χ1n) is 10.7. The summed E-state index contributed by atoms with van der Waals surface area (Å²) in [6, 6.07) is 8.74. The van der Waals surface area contributed by atoms with E-state index in [0.29, 0.717) is 0 Å². The number of halogens is 1. The lowest BCUT2D eigenvalue weighted by atomic mass is 9.88. The molecule has 1 aromatic rings. The van der Waals surface area contributed by atoms with E-state index in [-0.39, 0.29) is 11.0 Å². The summed E-state index contributed by atoms with van der Waals surface area (Å²) < 4.78 is 6.83. The molecular weight excluding hydrogens is 416 g/mol. The Kier molecular flexibility index (Phi) is 6.28. The Morgan fingerprint density at radius 2 is 1.82 bits per heavy atom. The van der Waals surface area contributed by atoms with Crippen molar-refractivity contribution in [3.63, 3.8) is 0 Å². The van der Waals surface area contributed by atoms with E-state index >= 15 is 0 Å². The average Bonchev–Trinajstić information content (AvgIpc) is 3.31. The molecule has 2 N–H and O–H groups in total. The van der Waals surface area contributed by atoms with Gasteiger partial charge in [-0.1, -0.05) is 28.1 Å². The number of ether oxygens (including phenoxy) is 1. The topological polar surface area (TPSA) is 48.9 Å². The molecule has 0 atom stereocenters. The average molecular weight is 449 g/mol. The summed E-state index contributed by atoms with van der Waals surface area (Å²) in [6.45, 7) is 6.06. The van der Waals surface area contributed by atoms with Gasteiger partial charge >= 0.3 is 0 Å². The van der Waals surface area contributed by atoms with Crippen molar-refractivity contribution in [2.24, 2.45) is 4.99 Å². The zero-order chi connectivity index (χ0) is 19.5. The second-order valence-corrected chi connectivity index (χ2v) is 9.52. The molecule has 3 aliphatic rings. The van der Waals surface area contributed by atoms with E-state index in [9.17, 15) is 0 Å². The molecule has 6 heteroatoms. The van der Waals surface area contributed by atoms with Crippen LogP contribution >= 0.6 is 15.9 Å². The Bertz CT molecular complexity index is 692. The van der Waals surface area contributed by atoms with Gasteiger partial charge in [0.1, 0.15) is 0 Å². The molecule has 0 radical (unpaired) electrons. The van der Waals surface area contributed by atoms with Crippen LogP contribution in [0.4, 0.5) is 0 Å². The van der Waals surface area contributed by atoms with Gasteiger partial charge in [-0.15, -0.1) is 0 Å². The number of likely N-dealkylation sites (tertiary alicyclic amines) is 1. The summed E-state index contributed by atoms with van der Waals surface area (Å²) in [5, 5.41) is 7.26. The summed E-state index contributed by atoms with van der Waals surface area (Å²) in [5.74, 6) is 0.923. The van der Waals surface area contributed by atoms with E-state index in [1.165, 1.54) is 44.3 Å². The molecule has 1 aliphatic carbocycles. The van der Waals surface area contributed by atoms with Gasteiger partial charge in [-0.2, -0.15) is 0 Å². The van der Waals surface area contributed by atoms with Crippen molar-refractivity contribution in [1.29, 1.82) is 0 Å². The molecule has 3 fully saturated rings. The first-order chi connectivity index (χ1) is 13.7. The zero-order valence-corrected chi connectivity index (χ0v) is 18.6. The second kappa shape index (κ2) is 8.72. The van der Waals surface area contributed by atoms with Gasteiger partial charge in [0.15, 0.2) is 5.96 Å². The molecule has 2 heterocycles. The third-order valence-electron chi connectivity index (χ3n) is 6.89. The van der Waals surface area contributed by atoms with Crippen molar-refractivity contribution in [3.8, 4) is 0 Å². The highest BCUT2D eigenvalue weighted by Crippen LogP contribution is 2.48. The Morgan fingerprint density at radius 3 is 2.46 bits per heavy atom. The Labute approximate surface area is 177 Å². The van der Waals surface area contributed by atoms with Crippen LogP contribution in [0.15, 0.2) is 33.7 Å². The van der Waals surface area contributed by atoms with E-state index < -0.39 is 0 Å². The first-order valence-corrected chi connectivity index (χ1v) is 11.5. The van der Waals surface area contributed by atoms with Crippen molar-refractivity contribution >= 4 is 21.9 Å². The quantitative estimate of drug-likeness (QED) is 0.517. The summed E-state index contributed by atoms with van der Waals surface area (Å²) in [7, 11) is 1.88. The lowest BCUT2D eigenvalue weighted by Crippen LogP contribution is -2.58. The molecule has 5 nitrogen and oxygen atoms in total. The van der Waals surface area contributed by atoms with Crippen molar-refractivity contribution in [2.75, 3.05) is 46.4 Å². The minimum absolute atomic E-state index is 0.216. The highest BCUT2D eigenvalue weighted by molar-refractivity contribution is 9.10. The third-order valence-corrected chi connectivity index (χ3v) is 7.39. The molecule has 2 saturated heterocycles. The maximum Gasteiger partial charge on any atom is 0.191 e. The van der Waals surface area contributed by atoms with Gasteiger partial charge in [-0.25, -0.2) is 0 Å². The predicted molar refractivity (Wildman–Crippen MR) is 118 cm³/mol. The maximum atomic E-state index is 5.67. The molecule has 4 rings (SSSR count). The van der Waals surface area contributed by atoms with Gasteiger partial charge in [-0.05, 0) is 69.3 Å². The van der Waals surface area contributed by atoms with Crippen LogP contribution in [0.25, 0.3) is 0 Å². The minimum atomic E-state index is 0.216. The van der Waals surface area contributed by atoms with Gasteiger partial charge in [0, 0.05) is 48.8 Å². The largest absolute Gasteiger partial charge is 0.381 e. The lowest BCUT2D eigenvalue weighted by molar-refractivity contribution is -0.0164. The molecule has 0 bridgehead atoms. The SMILES string of the molecule is CN=C(NCC1(c2cccc(Br)c2)CC1)NCC1(N2CCCC2)CCOCC1. The molecule has 0 unspecified atom stereocenters. The summed E-state index contributed by atoms with van der Waals surface area (Å²) in [6.07, 6.45) is 7.35. The van der Waals surface area contributed by atoms with E-state index in [1.807, 2.05) is 7.05 Å². The Hall–Kier alpha value is -1.11. The van der Waals surface area contributed by atoms with Crippen molar-refractivity contribution in [3.05, 3.63) is 34.3 Å². The molecule has 0 amide bonds. The standard InChI is InChI=1S/C22H33BrN4O/c1-24-20(25-16-21(7-8-21)18-5-4-6-19(23)15-18)26-17-22(9-13-28-14-10-22)27-11-2-3-12-27/h4-6,15H,2-3,7-14,16-17H2,1H3,(H2,24,25,26). The van der Waals surface area contributed by atoms with Crippen LogP contribution in [0.3, 0.4) is 0 Å². The Morgan fingerprint density at radius 1 is 1.11 bits per heavy atom. The summed E-state index contributed by atoms with van der Waals surface area (Å²) in [5.41, 5.74) is 1.89. The van der Waals surface area contributed by atoms with E-state index in [4.69, 9.17) is 4.74 Å². The molecular formula is C22H33BrN4O. The number of aliphatic imine (C=N–C) groups is 1. The summed E-state index contributed by atoms with van der Waals surface area (Å²) in [4.78, 5) is 7.20. The molecule has 1 aromatic carbocycles. The number of hydrogen-bond acceptors (Lipinski definition) is 3. The van der Waals surface area contributed by atoms with Crippen LogP contribution < -0.4 is 10.6 Å². The van der Waals surface area contributed by atoms with Crippen LogP contribution in [0.2, 0.25) is 0 Å². The zero-order valence-electron chi connectivity index (χ0n) is 17.0. The van der Waals surface area contributed by atoms with Gasteiger partial charge in [0.2, 0.25) is 0 Å². The molecule has 2 aliphatic heterocycles. The van der Waals surface area contributed by atoms with Crippen molar-refractivity contribution < 1.29 is 4.74 Å². The monoisotopic (exact) mass is 448 g/mol. The van der Waals surface area contributed by atoms with Gasteiger partial charge in [-0.3, -0.25) is 9.89 Å². The number of nitrogens with one attached hydrogen (secondary N) is 2. The summed E-state index contributed by atoms with van der Waals surface area (Å²) >= 11 is 3.61. The van der Waals surface area contributed by atoms with Crippen molar-refractivity contribution in [1.82, 2.24) is 15.5 Å². The fourth-order valence-corrected chi connectivity index (χ4v) is 5.21. The lowest BCUT2D eigenvalue weighted by Gasteiger charge is -2.45. The third kappa shape index (κ3) is 4.39. The van der Waals surface area contributed by atoms with Crippen LogP contribution in [-0.4, -0.2) is 62.8 Å². The Balaban J connectivity index is 1.35. The van der Waals surface area contributed by atoms with Crippen LogP contribution in [0.5, 0.6) is 0 Å². The molecule has 0 aromatic heterocycles. The smallest absolute Gasteiger partial charge is 0.191 e. The van der Waals surface area contributed by atoms with Crippen LogP contribution in [0.1, 0.15) is 44.1 Å². The van der Waals surface area contributed by atoms with E-state index in [2.05, 4.69) is 60.7 Å². The van der Waals surface area contributed by atoms with Crippen LogP contribution in [0, 0.1) is 0 Å². The van der Waals surface area contributed by atoms with Gasteiger partial charge in [0.25, 0.3) is 0 Å². The molecule has 28 heavy (non-hydrogen) atoms.